The summed E-state index contributed by atoms with van der Waals surface area (Å²) in [5.41, 5.74) is 2.28. The number of esters is 1. The number of carbonyl (C=O) groups excluding carboxylic acids is 1. The highest BCUT2D eigenvalue weighted by Gasteiger charge is 2.28. The predicted octanol–water partition coefficient (Wildman–Crippen LogP) is 2.78. The van der Waals surface area contributed by atoms with Gasteiger partial charge in [0.1, 0.15) is 5.70 Å². The molecule has 0 aromatic heterocycles. The standard InChI is InChI=1S/C17H13NO4/c19-17-14(18(10-20-17)13-4-2-1-3-5-13)8-12-6-7-15-16(9-12)22-11-21-15/h1-9H,10-11H2. The van der Waals surface area contributed by atoms with Gasteiger partial charge in [-0.05, 0) is 35.9 Å². The number of fused-ring (bicyclic) bond motifs is 1. The van der Waals surface area contributed by atoms with Gasteiger partial charge in [-0.15, -0.1) is 0 Å². The highest BCUT2D eigenvalue weighted by atomic mass is 16.7. The molecule has 5 nitrogen and oxygen atoms in total. The van der Waals surface area contributed by atoms with Crippen LogP contribution < -0.4 is 14.4 Å². The molecular weight excluding hydrogens is 282 g/mol. The van der Waals surface area contributed by atoms with Crippen LogP contribution in [0.15, 0.2) is 54.2 Å². The second-order valence-electron chi connectivity index (χ2n) is 4.97. The van der Waals surface area contributed by atoms with Crippen LogP contribution in [-0.4, -0.2) is 19.5 Å². The number of carbonyl (C=O) groups is 1. The van der Waals surface area contributed by atoms with E-state index in [0.717, 1.165) is 17.0 Å². The van der Waals surface area contributed by atoms with Crippen LogP contribution in [0.4, 0.5) is 5.69 Å². The average molecular weight is 295 g/mol. The first-order chi connectivity index (χ1) is 10.8. The number of nitrogens with zero attached hydrogens (tertiary/aromatic N) is 1. The molecule has 0 spiro atoms. The van der Waals surface area contributed by atoms with Crippen molar-refractivity contribution in [2.45, 2.75) is 0 Å². The summed E-state index contributed by atoms with van der Waals surface area (Å²) in [6.45, 7) is 0.451. The lowest BCUT2D eigenvalue weighted by atomic mass is 10.1. The smallest absolute Gasteiger partial charge is 0.356 e. The Labute approximate surface area is 127 Å². The van der Waals surface area contributed by atoms with E-state index in [-0.39, 0.29) is 19.5 Å². The fourth-order valence-electron chi connectivity index (χ4n) is 2.50. The minimum absolute atomic E-state index is 0.221. The Kier molecular flexibility index (Phi) is 2.96. The van der Waals surface area contributed by atoms with Gasteiger partial charge < -0.3 is 19.1 Å². The third-order valence-corrected chi connectivity index (χ3v) is 3.59. The SMILES string of the molecule is O=C1OCN(c2ccccc2)C1=Cc1ccc2c(c1)OCO2. The normalized spacial score (nSPS) is 17.9. The van der Waals surface area contributed by atoms with Gasteiger partial charge in [-0.1, -0.05) is 24.3 Å². The van der Waals surface area contributed by atoms with E-state index >= 15 is 0 Å². The predicted molar refractivity (Wildman–Crippen MR) is 80.4 cm³/mol. The van der Waals surface area contributed by atoms with Gasteiger partial charge in [0.2, 0.25) is 6.79 Å². The summed E-state index contributed by atoms with van der Waals surface area (Å²) in [7, 11) is 0. The summed E-state index contributed by atoms with van der Waals surface area (Å²) in [5.74, 6) is 1.07. The minimum Gasteiger partial charge on any atom is -0.454 e. The second kappa shape index (κ2) is 5.11. The molecule has 0 radical (unpaired) electrons. The minimum atomic E-state index is -0.332. The molecule has 2 aliphatic heterocycles. The van der Waals surface area contributed by atoms with Gasteiger partial charge in [0.05, 0.1) is 0 Å². The molecule has 0 unspecified atom stereocenters. The molecule has 0 atom stereocenters. The molecule has 2 aliphatic rings. The monoisotopic (exact) mass is 295 g/mol. The zero-order valence-electron chi connectivity index (χ0n) is 11.7. The first-order valence-electron chi connectivity index (χ1n) is 6.92. The van der Waals surface area contributed by atoms with Crippen molar-refractivity contribution in [2.75, 3.05) is 18.4 Å². The van der Waals surface area contributed by atoms with E-state index in [1.807, 2.05) is 53.4 Å². The third-order valence-electron chi connectivity index (χ3n) is 3.59. The van der Waals surface area contributed by atoms with E-state index in [4.69, 9.17) is 14.2 Å². The summed E-state index contributed by atoms with van der Waals surface area (Å²) in [6.07, 6.45) is 1.80. The maximum atomic E-state index is 12.0. The Morgan fingerprint density at radius 3 is 2.64 bits per heavy atom. The van der Waals surface area contributed by atoms with Gasteiger partial charge in [-0.2, -0.15) is 0 Å². The molecule has 0 N–H and O–H groups in total. The molecule has 1 fully saturated rings. The van der Waals surface area contributed by atoms with Crippen molar-refractivity contribution in [1.82, 2.24) is 0 Å². The van der Waals surface area contributed by atoms with Crippen LogP contribution in [-0.2, 0) is 9.53 Å². The summed E-state index contributed by atoms with van der Waals surface area (Å²) < 4.78 is 15.8. The second-order valence-corrected chi connectivity index (χ2v) is 4.97. The molecule has 0 amide bonds. The van der Waals surface area contributed by atoms with Gasteiger partial charge in [0.25, 0.3) is 0 Å². The highest BCUT2D eigenvalue weighted by molar-refractivity contribution is 6.00. The molecule has 110 valence electrons. The van der Waals surface area contributed by atoms with Crippen molar-refractivity contribution in [3.8, 4) is 11.5 Å². The molecular formula is C17H13NO4. The number of hydrogen-bond donors (Lipinski definition) is 0. The summed E-state index contributed by atoms with van der Waals surface area (Å²) >= 11 is 0. The van der Waals surface area contributed by atoms with Crippen molar-refractivity contribution in [1.29, 1.82) is 0 Å². The number of hydrogen-bond acceptors (Lipinski definition) is 5. The maximum Gasteiger partial charge on any atom is 0.356 e. The van der Waals surface area contributed by atoms with Crippen LogP contribution in [0.25, 0.3) is 6.08 Å². The van der Waals surface area contributed by atoms with Gasteiger partial charge in [-0.3, -0.25) is 0 Å². The third kappa shape index (κ3) is 2.16. The summed E-state index contributed by atoms with van der Waals surface area (Å²) in [5, 5.41) is 0. The topological polar surface area (TPSA) is 48.0 Å². The van der Waals surface area contributed by atoms with Crippen molar-refractivity contribution in [2.24, 2.45) is 0 Å². The average Bonchev–Trinajstić information content (AvgIpc) is 3.15. The van der Waals surface area contributed by atoms with Crippen molar-refractivity contribution < 1.29 is 19.0 Å². The van der Waals surface area contributed by atoms with Gasteiger partial charge in [0.15, 0.2) is 18.2 Å². The molecule has 0 saturated carbocycles. The molecule has 0 aliphatic carbocycles. The van der Waals surface area contributed by atoms with Crippen LogP contribution in [0.5, 0.6) is 11.5 Å². The molecule has 2 aromatic rings. The Morgan fingerprint density at radius 2 is 1.77 bits per heavy atom. The quantitative estimate of drug-likeness (QED) is 0.630. The molecule has 4 rings (SSSR count). The zero-order valence-corrected chi connectivity index (χ0v) is 11.7. The molecule has 0 bridgehead atoms. The largest absolute Gasteiger partial charge is 0.454 e. The maximum absolute atomic E-state index is 12.0. The lowest BCUT2D eigenvalue weighted by molar-refractivity contribution is -0.134. The van der Waals surface area contributed by atoms with Crippen LogP contribution in [0, 0.1) is 0 Å². The molecule has 2 heterocycles. The van der Waals surface area contributed by atoms with Gasteiger partial charge >= 0.3 is 5.97 Å². The Hall–Kier alpha value is -2.95. The van der Waals surface area contributed by atoms with E-state index in [0.29, 0.717) is 11.4 Å². The Bertz CT molecular complexity index is 755. The zero-order chi connectivity index (χ0) is 14.9. The highest BCUT2D eigenvalue weighted by Crippen LogP contribution is 2.34. The summed E-state index contributed by atoms with van der Waals surface area (Å²) in [6, 6.07) is 15.2. The number of para-hydroxylation sites is 1. The molecule has 2 aromatic carbocycles. The Morgan fingerprint density at radius 1 is 0.955 bits per heavy atom. The van der Waals surface area contributed by atoms with E-state index < -0.39 is 0 Å². The first kappa shape index (κ1) is 12.8. The molecule has 5 heteroatoms. The number of benzene rings is 2. The van der Waals surface area contributed by atoms with Crippen molar-refractivity contribution >= 4 is 17.7 Å². The number of rotatable bonds is 2. The van der Waals surface area contributed by atoms with Crippen LogP contribution in [0.3, 0.4) is 0 Å². The van der Waals surface area contributed by atoms with E-state index in [1.165, 1.54) is 0 Å². The van der Waals surface area contributed by atoms with Crippen molar-refractivity contribution in [3.05, 3.63) is 59.8 Å². The molecule has 1 saturated heterocycles. The lowest BCUT2D eigenvalue weighted by Gasteiger charge is -2.15. The number of anilines is 1. The number of cyclic esters (lactones) is 1. The molecule has 22 heavy (non-hydrogen) atoms. The van der Waals surface area contributed by atoms with E-state index in [2.05, 4.69) is 0 Å². The van der Waals surface area contributed by atoms with E-state index in [9.17, 15) is 4.79 Å². The lowest BCUT2D eigenvalue weighted by Crippen LogP contribution is -2.17. The number of ether oxygens (including phenoxy) is 3. The van der Waals surface area contributed by atoms with Gasteiger partial charge in [0, 0.05) is 5.69 Å². The van der Waals surface area contributed by atoms with Crippen LogP contribution in [0.1, 0.15) is 5.56 Å². The first-order valence-corrected chi connectivity index (χ1v) is 6.92. The van der Waals surface area contributed by atoms with Crippen LogP contribution in [0.2, 0.25) is 0 Å². The summed E-state index contributed by atoms with van der Waals surface area (Å²) in [4.78, 5) is 13.8. The fraction of sp³-hybridized carbons (Fsp3) is 0.118. The van der Waals surface area contributed by atoms with E-state index in [1.54, 1.807) is 6.08 Å². The van der Waals surface area contributed by atoms with Crippen molar-refractivity contribution in [3.63, 3.8) is 0 Å². The fourth-order valence-corrected chi connectivity index (χ4v) is 2.50. The van der Waals surface area contributed by atoms with Gasteiger partial charge in [-0.25, -0.2) is 4.79 Å². The van der Waals surface area contributed by atoms with Crippen LogP contribution >= 0.6 is 0 Å². The Balaban J connectivity index is 1.71.